The third kappa shape index (κ3) is 3.74. The summed E-state index contributed by atoms with van der Waals surface area (Å²) < 4.78 is 0.758. The van der Waals surface area contributed by atoms with E-state index < -0.39 is 0 Å². The molecule has 2 aromatic heterocycles. The van der Waals surface area contributed by atoms with E-state index >= 15 is 0 Å². The summed E-state index contributed by atoms with van der Waals surface area (Å²) in [6.07, 6.45) is 0. The Labute approximate surface area is 145 Å². The molecule has 23 heavy (non-hydrogen) atoms. The fourth-order valence-electron chi connectivity index (χ4n) is 2.84. The lowest BCUT2D eigenvalue weighted by molar-refractivity contribution is -0.907. The Morgan fingerprint density at radius 1 is 1.35 bits per heavy atom. The molecule has 0 fully saturated rings. The van der Waals surface area contributed by atoms with Crippen LogP contribution in [0.2, 0.25) is 4.34 Å². The molecule has 0 aliphatic rings. The number of likely N-dealkylation sites (N-methyl/N-ethyl adjacent to an activating group) is 1. The standard InChI is InChI=1S/C17H21ClN2O2S/c1-9-15(12(4)21)10(2)19-16(9)17(22)11(3)20(5)8-13-6-7-14(18)23-13/h6-7,11,19H,8H2,1-5H3/p+1/t11-/m1/s1. The molecule has 0 spiro atoms. The molecular weight excluding hydrogens is 332 g/mol. The van der Waals surface area contributed by atoms with E-state index in [4.69, 9.17) is 11.6 Å². The maximum Gasteiger partial charge on any atom is 0.235 e. The highest BCUT2D eigenvalue weighted by molar-refractivity contribution is 7.16. The first kappa shape index (κ1) is 17.9. The van der Waals surface area contributed by atoms with Crippen molar-refractivity contribution >= 4 is 34.5 Å². The number of halogens is 1. The number of hydrogen-bond donors (Lipinski definition) is 2. The van der Waals surface area contributed by atoms with Crippen molar-refractivity contribution in [1.29, 1.82) is 0 Å². The third-order valence-electron chi connectivity index (χ3n) is 4.25. The molecule has 2 rings (SSSR count). The largest absolute Gasteiger partial charge is 0.355 e. The van der Waals surface area contributed by atoms with Crippen LogP contribution in [-0.2, 0) is 6.54 Å². The molecule has 0 aliphatic heterocycles. The van der Waals surface area contributed by atoms with E-state index in [2.05, 4.69) is 4.98 Å². The zero-order valence-corrected chi connectivity index (χ0v) is 15.6. The van der Waals surface area contributed by atoms with E-state index in [-0.39, 0.29) is 17.6 Å². The summed E-state index contributed by atoms with van der Waals surface area (Å²) in [4.78, 5) is 29.9. The first-order valence-electron chi connectivity index (χ1n) is 7.53. The molecular formula is C17H22ClN2O2S+. The minimum atomic E-state index is -0.215. The van der Waals surface area contributed by atoms with Crippen molar-refractivity contribution in [2.45, 2.75) is 40.3 Å². The van der Waals surface area contributed by atoms with Gasteiger partial charge in [0, 0.05) is 11.3 Å². The van der Waals surface area contributed by atoms with Crippen LogP contribution >= 0.6 is 22.9 Å². The summed E-state index contributed by atoms with van der Waals surface area (Å²) in [5.41, 5.74) is 2.68. The van der Waals surface area contributed by atoms with Gasteiger partial charge < -0.3 is 9.88 Å². The monoisotopic (exact) mass is 353 g/mol. The van der Waals surface area contributed by atoms with Crippen LogP contribution < -0.4 is 4.90 Å². The van der Waals surface area contributed by atoms with E-state index in [1.165, 1.54) is 18.3 Å². The highest BCUT2D eigenvalue weighted by atomic mass is 35.5. The number of aromatic amines is 1. The van der Waals surface area contributed by atoms with Gasteiger partial charge in [0.2, 0.25) is 5.78 Å². The highest BCUT2D eigenvalue weighted by Crippen LogP contribution is 2.21. The Hall–Kier alpha value is -1.43. The summed E-state index contributed by atoms with van der Waals surface area (Å²) in [5, 5.41) is 0. The number of rotatable bonds is 6. The molecule has 0 bridgehead atoms. The molecule has 0 amide bonds. The predicted octanol–water partition coefficient (Wildman–Crippen LogP) is 2.84. The van der Waals surface area contributed by atoms with Crippen molar-refractivity contribution in [3.8, 4) is 0 Å². The molecule has 6 heteroatoms. The van der Waals surface area contributed by atoms with E-state index in [1.54, 1.807) is 0 Å². The Morgan fingerprint density at radius 3 is 2.48 bits per heavy atom. The smallest absolute Gasteiger partial charge is 0.235 e. The lowest BCUT2D eigenvalue weighted by Gasteiger charge is -2.20. The number of H-pyrrole nitrogens is 1. The van der Waals surface area contributed by atoms with Gasteiger partial charge in [-0.15, -0.1) is 11.3 Å². The summed E-state index contributed by atoms with van der Waals surface area (Å²) >= 11 is 7.49. The van der Waals surface area contributed by atoms with Gasteiger partial charge in [-0.2, -0.15) is 0 Å². The Balaban J connectivity index is 2.19. The SMILES string of the molecule is CC(=O)c1c(C)[nH]c(C(=O)[C@@H](C)[NH+](C)Cc2ccc(Cl)s2)c1C. The fraction of sp³-hybridized carbons (Fsp3) is 0.412. The number of quaternary nitrogens is 1. The number of nitrogens with one attached hydrogen (secondary N) is 2. The zero-order valence-electron chi connectivity index (χ0n) is 14.0. The average Bonchev–Trinajstić information content (AvgIpc) is 3.00. The van der Waals surface area contributed by atoms with E-state index in [0.717, 1.165) is 31.9 Å². The topological polar surface area (TPSA) is 54.4 Å². The van der Waals surface area contributed by atoms with Crippen molar-refractivity contribution in [2.24, 2.45) is 0 Å². The second-order valence-corrected chi connectivity index (χ2v) is 7.80. The van der Waals surface area contributed by atoms with Crippen LogP contribution in [0.15, 0.2) is 12.1 Å². The molecule has 0 aliphatic carbocycles. The molecule has 2 atom stereocenters. The van der Waals surface area contributed by atoms with Crippen molar-refractivity contribution in [3.63, 3.8) is 0 Å². The van der Waals surface area contributed by atoms with Crippen LogP contribution in [0.1, 0.15) is 50.8 Å². The van der Waals surface area contributed by atoms with Crippen LogP contribution in [0.5, 0.6) is 0 Å². The summed E-state index contributed by atoms with van der Waals surface area (Å²) in [6, 6.07) is 3.65. The number of thiophene rings is 1. The third-order valence-corrected chi connectivity index (χ3v) is 5.48. The summed E-state index contributed by atoms with van der Waals surface area (Å²) in [5.74, 6) is 0.00938. The van der Waals surface area contributed by atoms with Gasteiger partial charge >= 0.3 is 0 Å². The number of aryl methyl sites for hydroxylation is 1. The molecule has 0 saturated carbocycles. The maximum absolute atomic E-state index is 12.8. The number of carbonyl (C=O) groups excluding carboxylic acids is 2. The van der Waals surface area contributed by atoms with Gasteiger partial charge in [-0.05, 0) is 45.4 Å². The number of aromatic nitrogens is 1. The van der Waals surface area contributed by atoms with Crippen LogP contribution in [0.4, 0.5) is 0 Å². The molecule has 2 N–H and O–H groups in total. The number of ketones is 2. The van der Waals surface area contributed by atoms with E-state index in [1.807, 2.05) is 40.0 Å². The predicted molar refractivity (Wildman–Crippen MR) is 94.0 cm³/mol. The van der Waals surface area contributed by atoms with E-state index in [9.17, 15) is 9.59 Å². The molecule has 0 aromatic carbocycles. The second kappa shape index (κ2) is 6.99. The average molecular weight is 354 g/mol. The molecule has 2 heterocycles. The van der Waals surface area contributed by atoms with Crippen molar-refractivity contribution in [2.75, 3.05) is 7.05 Å². The maximum atomic E-state index is 12.8. The quantitative estimate of drug-likeness (QED) is 0.784. The van der Waals surface area contributed by atoms with Crippen LogP contribution in [-0.4, -0.2) is 29.6 Å². The zero-order chi connectivity index (χ0) is 17.3. The highest BCUT2D eigenvalue weighted by Gasteiger charge is 2.28. The number of Topliss-reactive ketones (excluding diaryl/α,β-unsaturated/α-hetero) is 2. The van der Waals surface area contributed by atoms with Gasteiger partial charge in [-0.1, -0.05) is 11.6 Å². The van der Waals surface area contributed by atoms with Crippen LogP contribution in [0.3, 0.4) is 0 Å². The van der Waals surface area contributed by atoms with Gasteiger partial charge in [0.05, 0.1) is 22.0 Å². The van der Waals surface area contributed by atoms with Crippen molar-refractivity contribution in [1.82, 2.24) is 4.98 Å². The van der Waals surface area contributed by atoms with Crippen LogP contribution in [0.25, 0.3) is 0 Å². The minimum Gasteiger partial charge on any atom is -0.355 e. The Bertz CT molecular complexity index is 748. The molecule has 1 unspecified atom stereocenters. The molecule has 0 saturated heterocycles. The minimum absolute atomic E-state index is 0.0168. The lowest BCUT2D eigenvalue weighted by atomic mass is 10.0. The summed E-state index contributed by atoms with van der Waals surface area (Å²) in [7, 11) is 1.99. The lowest BCUT2D eigenvalue weighted by Crippen LogP contribution is -3.12. The van der Waals surface area contributed by atoms with Gasteiger partial charge in [-0.25, -0.2) is 0 Å². The van der Waals surface area contributed by atoms with Gasteiger partial charge in [0.25, 0.3) is 0 Å². The fourth-order valence-corrected chi connectivity index (χ4v) is 4.02. The van der Waals surface area contributed by atoms with Crippen LogP contribution in [0, 0.1) is 13.8 Å². The molecule has 124 valence electrons. The number of hydrogen-bond acceptors (Lipinski definition) is 3. The first-order valence-corrected chi connectivity index (χ1v) is 8.72. The number of carbonyl (C=O) groups is 2. The molecule has 4 nitrogen and oxygen atoms in total. The van der Waals surface area contributed by atoms with Gasteiger partial charge in [0.1, 0.15) is 6.54 Å². The Kier molecular flexibility index (Phi) is 5.45. The Morgan fingerprint density at radius 2 is 2.00 bits per heavy atom. The normalized spacial score (nSPS) is 13.8. The second-order valence-electron chi connectivity index (χ2n) is 6.00. The van der Waals surface area contributed by atoms with Gasteiger partial charge in [0.15, 0.2) is 11.8 Å². The first-order chi connectivity index (χ1) is 10.7. The molecule has 2 aromatic rings. The summed E-state index contributed by atoms with van der Waals surface area (Å²) in [6.45, 7) is 7.83. The van der Waals surface area contributed by atoms with E-state index in [0.29, 0.717) is 11.3 Å². The van der Waals surface area contributed by atoms with Gasteiger partial charge in [-0.3, -0.25) is 9.59 Å². The molecule has 0 radical (unpaired) electrons. The van der Waals surface area contributed by atoms with Crippen molar-refractivity contribution in [3.05, 3.63) is 43.9 Å². The van der Waals surface area contributed by atoms with Crippen molar-refractivity contribution < 1.29 is 14.5 Å².